The Balaban J connectivity index is 1.43. The largest absolute Gasteiger partial charge is 0.349 e. The number of nitrogens with zero attached hydrogens (tertiary/aromatic N) is 3. The Labute approximate surface area is 180 Å². The number of likely N-dealkylation sites (tertiary alicyclic amines) is 1. The SMILES string of the molecule is CSc1ncc(C(=O)N2CCC(NC(=O)c3ccccc3)CC2)n1-c1ccccc1. The van der Waals surface area contributed by atoms with Gasteiger partial charge in [0.1, 0.15) is 5.69 Å². The molecule has 0 radical (unpaired) electrons. The van der Waals surface area contributed by atoms with Gasteiger partial charge in [-0.05, 0) is 43.4 Å². The third-order valence-electron chi connectivity index (χ3n) is 5.30. The zero-order chi connectivity index (χ0) is 20.9. The summed E-state index contributed by atoms with van der Waals surface area (Å²) < 4.78 is 1.91. The minimum absolute atomic E-state index is 0.0283. The lowest BCUT2D eigenvalue weighted by Crippen LogP contribution is -2.46. The van der Waals surface area contributed by atoms with Crippen LogP contribution in [0.2, 0.25) is 0 Å². The molecule has 1 aliphatic rings. The quantitative estimate of drug-likeness (QED) is 0.640. The highest BCUT2D eigenvalue weighted by Crippen LogP contribution is 2.23. The average molecular weight is 421 g/mol. The molecule has 2 heterocycles. The van der Waals surface area contributed by atoms with Gasteiger partial charge in [0.25, 0.3) is 11.8 Å². The van der Waals surface area contributed by atoms with Crippen molar-refractivity contribution in [3.05, 3.63) is 78.1 Å². The van der Waals surface area contributed by atoms with Crippen LogP contribution in [0.15, 0.2) is 72.0 Å². The molecule has 1 saturated heterocycles. The van der Waals surface area contributed by atoms with Crippen LogP contribution in [0.1, 0.15) is 33.7 Å². The van der Waals surface area contributed by atoms with E-state index in [0.29, 0.717) is 24.3 Å². The Morgan fingerprint density at radius 2 is 1.63 bits per heavy atom. The van der Waals surface area contributed by atoms with Crippen LogP contribution in [0, 0.1) is 0 Å². The molecule has 1 aliphatic heterocycles. The van der Waals surface area contributed by atoms with E-state index in [9.17, 15) is 9.59 Å². The highest BCUT2D eigenvalue weighted by atomic mass is 32.2. The molecule has 7 heteroatoms. The van der Waals surface area contributed by atoms with Crippen LogP contribution in [0.25, 0.3) is 5.69 Å². The molecule has 0 unspecified atom stereocenters. The maximum absolute atomic E-state index is 13.2. The Hall–Kier alpha value is -3.06. The summed E-state index contributed by atoms with van der Waals surface area (Å²) in [5.41, 5.74) is 2.15. The van der Waals surface area contributed by atoms with E-state index in [4.69, 9.17) is 0 Å². The van der Waals surface area contributed by atoms with Crippen LogP contribution in [-0.4, -0.2) is 51.7 Å². The van der Waals surface area contributed by atoms with Crippen molar-refractivity contribution in [2.75, 3.05) is 19.3 Å². The first kappa shape index (κ1) is 20.2. The van der Waals surface area contributed by atoms with Crippen LogP contribution >= 0.6 is 11.8 Å². The van der Waals surface area contributed by atoms with Gasteiger partial charge in [-0.15, -0.1) is 0 Å². The Morgan fingerprint density at radius 3 is 2.27 bits per heavy atom. The van der Waals surface area contributed by atoms with E-state index in [2.05, 4.69) is 10.3 Å². The number of hydrogen-bond donors (Lipinski definition) is 1. The van der Waals surface area contributed by atoms with E-state index in [-0.39, 0.29) is 17.9 Å². The van der Waals surface area contributed by atoms with Crippen LogP contribution in [0.4, 0.5) is 0 Å². The lowest BCUT2D eigenvalue weighted by Gasteiger charge is -2.32. The van der Waals surface area contributed by atoms with Crippen molar-refractivity contribution in [3.8, 4) is 5.69 Å². The van der Waals surface area contributed by atoms with Gasteiger partial charge in [0.2, 0.25) is 0 Å². The molecule has 0 saturated carbocycles. The van der Waals surface area contributed by atoms with Crippen LogP contribution in [-0.2, 0) is 0 Å². The second-order valence-electron chi connectivity index (χ2n) is 7.21. The van der Waals surface area contributed by atoms with Gasteiger partial charge >= 0.3 is 0 Å². The number of thioether (sulfide) groups is 1. The molecule has 1 aromatic heterocycles. The van der Waals surface area contributed by atoms with Crippen LogP contribution < -0.4 is 5.32 Å². The maximum Gasteiger partial charge on any atom is 0.272 e. The lowest BCUT2D eigenvalue weighted by atomic mass is 10.0. The monoisotopic (exact) mass is 420 g/mol. The molecular weight excluding hydrogens is 396 g/mol. The number of rotatable bonds is 5. The number of aromatic nitrogens is 2. The average Bonchev–Trinajstić information content (AvgIpc) is 3.24. The summed E-state index contributed by atoms with van der Waals surface area (Å²) in [7, 11) is 0. The number of imidazole rings is 1. The normalized spacial score (nSPS) is 14.5. The summed E-state index contributed by atoms with van der Waals surface area (Å²) in [6, 6.07) is 19.1. The predicted molar refractivity (Wildman–Crippen MR) is 118 cm³/mol. The molecule has 30 heavy (non-hydrogen) atoms. The van der Waals surface area contributed by atoms with E-state index in [1.165, 1.54) is 11.8 Å². The van der Waals surface area contributed by atoms with Crippen molar-refractivity contribution in [3.63, 3.8) is 0 Å². The molecule has 1 N–H and O–H groups in total. The number of benzene rings is 2. The van der Waals surface area contributed by atoms with Gasteiger partial charge in [0.15, 0.2) is 5.16 Å². The minimum atomic E-state index is -0.0628. The number of para-hydroxylation sites is 1. The van der Waals surface area contributed by atoms with E-state index >= 15 is 0 Å². The van der Waals surface area contributed by atoms with E-state index in [0.717, 1.165) is 23.7 Å². The zero-order valence-corrected chi connectivity index (χ0v) is 17.6. The number of piperidine rings is 1. The standard InChI is InChI=1S/C23H24N4O2S/c1-30-23-24-16-20(27(23)19-10-6-3-7-11-19)22(29)26-14-12-18(13-15-26)25-21(28)17-8-4-2-5-9-17/h2-11,16,18H,12-15H2,1H3,(H,25,28). The first-order valence-electron chi connectivity index (χ1n) is 9.99. The number of carbonyl (C=O) groups excluding carboxylic acids is 2. The maximum atomic E-state index is 13.2. The number of carbonyl (C=O) groups is 2. The molecule has 3 aromatic rings. The van der Waals surface area contributed by atoms with Gasteiger partial charge in [-0.2, -0.15) is 0 Å². The minimum Gasteiger partial charge on any atom is -0.349 e. The van der Waals surface area contributed by atoms with E-state index in [1.807, 2.05) is 76.4 Å². The third kappa shape index (κ3) is 4.26. The van der Waals surface area contributed by atoms with Gasteiger partial charge < -0.3 is 10.2 Å². The second-order valence-corrected chi connectivity index (χ2v) is 7.98. The first-order chi connectivity index (χ1) is 14.7. The van der Waals surface area contributed by atoms with Crippen molar-refractivity contribution in [1.29, 1.82) is 0 Å². The Morgan fingerprint density at radius 1 is 1.00 bits per heavy atom. The summed E-state index contributed by atoms with van der Waals surface area (Å²) in [5, 5.41) is 3.87. The smallest absolute Gasteiger partial charge is 0.272 e. The summed E-state index contributed by atoms with van der Waals surface area (Å²) in [4.78, 5) is 31.9. The predicted octanol–water partition coefficient (Wildman–Crippen LogP) is 3.63. The fourth-order valence-electron chi connectivity index (χ4n) is 3.70. The van der Waals surface area contributed by atoms with E-state index in [1.54, 1.807) is 6.20 Å². The number of amides is 2. The fraction of sp³-hybridized carbons (Fsp3) is 0.261. The van der Waals surface area contributed by atoms with Gasteiger partial charge in [-0.1, -0.05) is 48.2 Å². The number of hydrogen-bond acceptors (Lipinski definition) is 4. The van der Waals surface area contributed by atoms with Gasteiger partial charge in [-0.3, -0.25) is 14.2 Å². The second kappa shape index (κ2) is 9.17. The Kier molecular flexibility index (Phi) is 6.18. The van der Waals surface area contributed by atoms with Crippen molar-refractivity contribution in [2.45, 2.75) is 24.0 Å². The van der Waals surface area contributed by atoms with Crippen molar-refractivity contribution in [1.82, 2.24) is 19.8 Å². The molecular formula is C23H24N4O2S. The molecule has 0 spiro atoms. The van der Waals surface area contributed by atoms with Crippen molar-refractivity contribution >= 4 is 23.6 Å². The molecule has 1 fully saturated rings. The summed E-state index contributed by atoms with van der Waals surface area (Å²) >= 11 is 1.51. The topological polar surface area (TPSA) is 67.2 Å². The highest BCUT2D eigenvalue weighted by molar-refractivity contribution is 7.98. The lowest BCUT2D eigenvalue weighted by molar-refractivity contribution is 0.0689. The summed E-state index contributed by atoms with van der Waals surface area (Å²) in [5.74, 6) is -0.0911. The molecule has 4 rings (SSSR count). The van der Waals surface area contributed by atoms with Crippen molar-refractivity contribution < 1.29 is 9.59 Å². The van der Waals surface area contributed by atoms with Gasteiger partial charge in [0.05, 0.1) is 6.20 Å². The first-order valence-corrected chi connectivity index (χ1v) is 11.2. The fourth-order valence-corrected chi connectivity index (χ4v) is 4.25. The summed E-state index contributed by atoms with van der Waals surface area (Å²) in [6.45, 7) is 1.21. The molecule has 154 valence electrons. The summed E-state index contributed by atoms with van der Waals surface area (Å²) in [6.07, 6.45) is 5.08. The Bertz CT molecular complexity index is 1010. The molecule has 0 atom stereocenters. The molecule has 0 bridgehead atoms. The van der Waals surface area contributed by atoms with E-state index < -0.39 is 0 Å². The molecule has 0 aliphatic carbocycles. The van der Waals surface area contributed by atoms with Crippen molar-refractivity contribution in [2.24, 2.45) is 0 Å². The van der Waals surface area contributed by atoms with Crippen LogP contribution in [0.5, 0.6) is 0 Å². The van der Waals surface area contributed by atoms with Gasteiger partial charge in [-0.25, -0.2) is 4.98 Å². The van der Waals surface area contributed by atoms with Crippen LogP contribution in [0.3, 0.4) is 0 Å². The zero-order valence-electron chi connectivity index (χ0n) is 16.8. The molecule has 6 nitrogen and oxygen atoms in total. The molecule has 2 amide bonds. The van der Waals surface area contributed by atoms with Gasteiger partial charge in [0, 0.05) is 30.4 Å². The highest BCUT2D eigenvalue weighted by Gasteiger charge is 2.27. The molecule has 2 aromatic carbocycles. The third-order valence-corrected chi connectivity index (χ3v) is 5.95. The number of nitrogens with one attached hydrogen (secondary N) is 1.